The zero-order valence-corrected chi connectivity index (χ0v) is 17.5. The Balaban J connectivity index is 1.25. The topological polar surface area (TPSA) is 82.2 Å². The van der Waals surface area contributed by atoms with Gasteiger partial charge in [0.25, 0.3) is 5.91 Å². The Morgan fingerprint density at radius 2 is 1.94 bits per heavy atom. The van der Waals surface area contributed by atoms with E-state index in [0.29, 0.717) is 36.8 Å². The van der Waals surface area contributed by atoms with Crippen molar-refractivity contribution >= 4 is 28.9 Å². The molecule has 2 amide bonds. The van der Waals surface area contributed by atoms with E-state index >= 15 is 0 Å². The molecule has 3 aromatic rings. The number of carbonyl (C=O) groups excluding carboxylic acids is 2. The van der Waals surface area contributed by atoms with E-state index in [-0.39, 0.29) is 17.4 Å². The molecule has 2 aliphatic rings. The largest absolute Gasteiger partial charge is 0.416 e. The van der Waals surface area contributed by atoms with Gasteiger partial charge in [-0.05, 0) is 53.6 Å². The van der Waals surface area contributed by atoms with Crippen LogP contribution in [0.4, 0.5) is 17.6 Å². The van der Waals surface area contributed by atoms with E-state index in [0.717, 1.165) is 29.3 Å². The first-order valence-electron chi connectivity index (χ1n) is 10.3. The molecule has 1 saturated heterocycles. The van der Waals surface area contributed by atoms with Crippen LogP contribution in [0, 0.1) is 11.7 Å². The van der Waals surface area contributed by atoms with Gasteiger partial charge in [-0.15, -0.1) is 5.10 Å². The Hall–Kier alpha value is -4.02. The molecule has 0 spiro atoms. The fourth-order valence-corrected chi connectivity index (χ4v) is 4.20. The molecule has 1 N–H and O–H groups in total. The monoisotopic (exact) mass is 471 g/mol. The van der Waals surface area contributed by atoms with Crippen LogP contribution in [0.1, 0.15) is 21.5 Å². The molecule has 0 saturated carbocycles. The summed E-state index contributed by atoms with van der Waals surface area (Å²) in [6, 6.07) is 7.20. The summed E-state index contributed by atoms with van der Waals surface area (Å²) in [7, 11) is 0. The summed E-state index contributed by atoms with van der Waals surface area (Å²) in [4.78, 5) is 28.6. The summed E-state index contributed by atoms with van der Waals surface area (Å²) in [5, 5.41) is 10.3. The number of likely N-dealkylation sites (tertiary alicyclic amines) is 1. The van der Waals surface area contributed by atoms with Gasteiger partial charge in [0.05, 0.1) is 11.1 Å². The first-order valence-corrected chi connectivity index (χ1v) is 10.3. The minimum absolute atomic E-state index is 0.0249. The molecule has 0 aliphatic carbocycles. The van der Waals surface area contributed by atoms with Crippen molar-refractivity contribution in [3.8, 4) is 0 Å². The summed E-state index contributed by atoms with van der Waals surface area (Å²) in [6.45, 7) is 1.09. The number of alkyl halides is 3. The number of carbonyl (C=O) groups is 2. The highest BCUT2D eigenvalue weighted by molar-refractivity contribution is 5.98. The predicted molar refractivity (Wildman–Crippen MR) is 114 cm³/mol. The van der Waals surface area contributed by atoms with Crippen LogP contribution in [-0.2, 0) is 11.0 Å². The normalized spacial score (nSPS) is 18.1. The van der Waals surface area contributed by atoms with Crippen LogP contribution in [0.5, 0.6) is 0 Å². The van der Waals surface area contributed by atoms with Crippen molar-refractivity contribution in [1.29, 1.82) is 0 Å². The lowest BCUT2D eigenvalue weighted by atomic mass is 10.1. The van der Waals surface area contributed by atoms with Crippen LogP contribution in [0.3, 0.4) is 0 Å². The molecular weight excluding hydrogens is 454 g/mol. The van der Waals surface area contributed by atoms with Gasteiger partial charge in [0.15, 0.2) is 0 Å². The highest BCUT2D eigenvalue weighted by Crippen LogP contribution is 2.32. The van der Waals surface area contributed by atoms with Gasteiger partial charge in [0.1, 0.15) is 11.3 Å². The third-order valence-corrected chi connectivity index (χ3v) is 5.89. The number of rotatable bonds is 3. The highest BCUT2D eigenvalue weighted by atomic mass is 19.4. The minimum Gasteiger partial charge on any atom is -0.334 e. The Labute approximate surface area is 190 Å². The van der Waals surface area contributed by atoms with Crippen LogP contribution >= 0.6 is 0 Å². The Bertz CT molecular complexity index is 1360. The van der Waals surface area contributed by atoms with E-state index < -0.39 is 23.5 Å². The first kappa shape index (κ1) is 21.8. The van der Waals surface area contributed by atoms with Gasteiger partial charge in [-0.3, -0.25) is 14.7 Å². The number of aromatic nitrogens is 3. The lowest BCUT2D eigenvalue weighted by Gasteiger charge is -2.19. The molecule has 3 heterocycles. The standard InChI is InChI=1S/C23H17F4N5O2/c24-18-6-13(5-17(8-18)23(25,26)27)1-4-21(33)31-9-15-11-32(12-16(15)10-31)22(34)14-2-3-19-20(7-14)29-30-28-19/h1-8,11,16H,9-10,12H2,(H,28,29,30)/t16-/m1/s1. The minimum atomic E-state index is -4.68. The van der Waals surface area contributed by atoms with Crippen molar-refractivity contribution in [3.05, 3.63) is 76.8 Å². The second-order valence-electron chi connectivity index (χ2n) is 8.23. The van der Waals surface area contributed by atoms with Gasteiger partial charge in [-0.2, -0.15) is 13.2 Å². The van der Waals surface area contributed by atoms with Crippen LogP contribution in [-0.4, -0.2) is 56.7 Å². The third kappa shape index (κ3) is 4.16. The number of hydrogen-bond donors (Lipinski definition) is 1. The maximum atomic E-state index is 13.5. The Morgan fingerprint density at radius 1 is 1.12 bits per heavy atom. The fraction of sp³-hybridized carbons (Fsp3) is 0.217. The van der Waals surface area contributed by atoms with Crippen molar-refractivity contribution in [1.82, 2.24) is 25.2 Å². The molecule has 7 nitrogen and oxygen atoms in total. The maximum Gasteiger partial charge on any atom is 0.416 e. The first-order chi connectivity index (χ1) is 16.2. The van der Waals surface area contributed by atoms with Crippen molar-refractivity contribution in [3.63, 3.8) is 0 Å². The molecule has 1 fully saturated rings. The van der Waals surface area contributed by atoms with Gasteiger partial charge in [-0.25, -0.2) is 4.39 Å². The molecule has 5 rings (SSSR count). The van der Waals surface area contributed by atoms with Gasteiger partial charge < -0.3 is 9.80 Å². The number of benzene rings is 2. The van der Waals surface area contributed by atoms with E-state index in [1.807, 2.05) is 0 Å². The molecule has 0 unspecified atom stereocenters. The average molecular weight is 471 g/mol. The van der Waals surface area contributed by atoms with Gasteiger partial charge in [0.2, 0.25) is 5.91 Å². The number of aromatic amines is 1. The van der Waals surface area contributed by atoms with Gasteiger partial charge >= 0.3 is 6.18 Å². The molecule has 0 radical (unpaired) electrons. The van der Waals surface area contributed by atoms with Crippen molar-refractivity contribution in [2.75, 3.05) is 19.6 Å². The van der Waals surface area contributed by atoms with Crippen LogP contribution < -0.4 is 0 Å². The van der Waals surface area contributed by atoms with Crippen molar-refractivity contribution in [2.24, 2.45) is 5.92 Å². The maximum absolute atomic E-state index is 13.5. The number of fused-ring (bicyclic) bond motifs is 2. The van der Waals surface area contributed by atoms with E-state index in [4.69, 9.17) is 0 Å². The molecular formula is C23H17F4N5O2. The Morgan fingerprint density at radius 3 is 2.71 bits per heavy atom. The highest BCUT2D eigenvalue weighted by Gasteiger charge is 2.37. The van der Waals surface area contributed by atoms with Crippen molar-refractivity contribution < 1.29 is 27.2 Å². The van der Waals surface area contributed by atoms with Gasteiger partial charge in [-0.1, -0.05) is 5.21 Å². The summed E-state index contributed by atoms with van der Waals surface area (Å²) >= 11 is 0. The number of amides is 2. The van der Waals surface area contributed by atoms with E-state index in [1.165, 1.54) is 6.08 Å². The van der Waals surface area contributed by atoms with E-state index in [9.17, 15) is 27.2 Å². The number of hydrogen-bond acceptors (Lipinski definition) is 4. The summed E-state index contributed by atoms with van der Waals surface area (Å²) in [5.41, 5.74) is 1.53. The zero-order valence-electron chi connectivity index (χ0n) is 17.5. The number of nitrogens with one attached hydrogen (secondary N) is 1. The molecule has 174 valence electrons. The quantitative estimate of drug-likeness (QED) is 0.467. The van der Waals surface area contributed by atoms with Crippen LogP contribution in [0.15, 0.2) is 54.2 Å². The Kier molecular flexibility index (Phi) is 5.18. The molecule has 2 aromatic carbocycles. The summed E-state index contributed by atoms with van der Waals surface area (Å²) < 4.78 is 52.1. The smallest absolute Gasteiger partial charge is 0.334 e. The lowest BCUT2D eigenvalue weighted by Crippen LogP contribution is -2.32. The molecule has 0 bridgehead atoms. The van der Waals surface area contributed by atoms with Crippen molar-refractivity contribution in [2.45, 2.75) is 6.18 Å². The summed E-state index contributed by atoms with van der Waals surface area (Å²) in [5.74, 6) is -1.64. The molecule has 1 atom stereocenters. The molecule has 34 heavy (non-hydrogen) atoms. The van der Waals surface area contributed by atoms with Crippen LogP contribution in [0.2, 0.25) is 0 Å². The summed E-state index contributed by atoms with van der Waals surface area (Å²) in [6.07, 6.45) is -0.650. The third-order valence-electron chi connectivity index (χ3n) is 5.89. The second kappa shape index (κ2) is 8.08. The SMILES string of the molecule is O=C(c1ccc2[nH]nnc2c1)N1C=C2CN(C(=O)C=Cc3cc(F)cc(C(F)(F)F)c3)C[C@@H]2C1. The fourth-order valence-electron chi connectivity index (χ4n) is 4.20. The van der Waals surface area contributed by atoms with Gasteiger partial charge in [0, 0.05) is 43.4 Å². The number of H-pyrrole nitrogens is 1. The average Bonchev–Trinajstić information content (AvgIpc) is 3.50. The predicted octanol–water partition coefficient (Wildman–Crippen LogP) is 3.63. The molecule has 11 heteroatoms. The van der Waals surface area contributed by atoms with Crippen LogP contribution in [0.25, 0.3) is 17.1 Å². The molecule has 1 aromatic heterocycles. The zero-order chi connectivity index (χ0) is 24.0. The second-order valence-corrected chi connectivity index (χ2v) is 8.23. The number of halogens is 4. The number of nitrogens with zero attached hydrogens (tertiary/aromatic N) is 4. The molecule has 2 aliphatic heterocycles. The lowest BCUT2D eigenvalue weighted by molar-refractivity contribution is -0.137. The van der Waals surface area contributed by atoms with E-state index in [2.05, 4.69) is 15.4 Å². The van der Waals surface area contributed by atoms with E-state index in [1.54, 1.807) is 34.2 Å².